The van der Waals surface area contributed by atoms with Crippen LogP contribution in [0.1, 0.15) is 39.4 Å². The van der Waals surface area contributed by atoms with E-state index in [9.17, 15) is 9.59 Å². The molecule has 0 amide bonds. The zero-order valence-corrected chi connectivity index (χ0v) is 18.1. The number of aromatic nitrogens is 4. The molecular formula is C21H24ClN5O3. The fourth-order valence-corrected chi connectivity index (χ4v) is 3.01. The van der Waals surface area contributed by atoms with Gasteiger partial charge in [0.2, 0.25) is 5.95 Å². The summed E-state index contributed by atoms with van der Waals surface area (Å²) in [5.41, 5.74) is 0.156. The lowest BCUT2D eigenvalue weighted by molar-refractivity contribution is 0.242. The molecule has 0 spiro atoms. The summed E-state index contributed by atoms with van der Waals surface area (Å²) in [6, 6.07) is 10.3. The van der Waals surface area contributed by atoms with Crippen LogP contribution >= 0.6 is 11.6 Å². The molecule has 0 fully saturated rings. The van der Waals surface area contributed by atoms with Crippen molar-refractivity contribution in [2.45, 2.75) is 46.4 Å². The van der Waals surface area contributed by atoms with E-state index in [1.165, 1.54) is 10.8 Å². The maximum absolute atomic E-state index is 13.1. The fraction of sp³-hybridized carbons (Fsp3) is 0.333. The smallest absolute Gasteiger partial charge is 0.355 e. The van der Waals surface area contributed by atoms with Crippen LogP contribution in [-0.2, 0) is 6.54 Å². The Labute approximate surface area is 179 Å². The molecule has 0 atom stereocenters. The van der Waals surface area contributed by atoms with Gasteiger partial charge in [-0.05, 0) is 52.0 Å². The van der Waals surface area contributed by atoms with Crippen molar-refractivity contribution in [2.24, 2.45) is 0 Å². The van der Waals surface area contributed by atoms with Gasteiger partial charge in [-0.25, -0.2) is 14.2 Å². The molecule has 2 heterocycles. The molecular weight excluding hydrogens is 406 g/mol. The summed E-state index contributed by atoms with van der Waals surface area (Å²) in [5.74, 6) is 0.791. The van der Waals surface area contributed by atoms with Crippen molar-refractivity contribution < 1.29 is 4.74 Å². The van der Waals surface area contributed by atoms with E-state index in [-0.39, 0.29) is 24.6 Å². The van der Waals surface area contributed by atoms with Crippen LogP contribution < -0.4 is 21.4 Å². The number of ether oxygens (including phenoxy) is 1. The van der Waals surface area contributed by atoms with E-state index >= 15 is 0 Å². The van der Waals surface area contributed by atoms with Crippen LogP contribution in [0.15, 0.2) is 52.2 Å². The molecule has 0 aliphatic heterocycles. The molecule has 0 unspecified atom stereocenters. The number of rotatable bonds is 7. The SMILES string of the molecule is CC(C)Oc1cccc(Nc2nc(=O)n(C(C)C)c(=O)n2Cc2ccc(Cl)cn2)c1. The Balaban J connectivity index is 2.05. The average molecular weight is 430 g/mol. The van der Waals surface area contributed by atoms with Crippen LogP contribution in [0, 0.1) is 0 Å². The van der Waals surface area contributed by atoms with Gasteiger partial charge in [0.05, 0.1) is 23.4 Å². The fourth-order valence-electron chi connectivity index (χ4n) is 2.90. The second-order valence-electron chi connectivity index (χ2n) is 7.34. The molecule has 8 nitrogen and oxygen atoms in total. The summed E-state index contributed by atoms with van der Waals surface area (Å²) in [6.07, 6.45) is 1.52. The monoisotopic (exact) mass is 429 g/mol. The van der Waals surface area contributed by atoms with Crippen LogP contribution in [0.4, 0.5) is 11.6 Å². The third-order valence-corrected chi connectivity index (χ3v) is 4.41. The first kappa shape index (κ1) is 21.6. The molecule has 2 aromatic heterocycles. The third-order valence-electron chi connectivity index (χ3n) is 4.19. The highest BCUT2D eigenvalue weighted by Crippen LogP contribution is 2.21. The Morgan fingerprint density at radius 1 is 1.13 bits per heavy atom. The molecule has 1 N–H and O–H groups in total. The molecule has 0 radical (unpaired) electrons. The van der Waals surface area contributed by atoms with Gasteiger partial charge in [-0.1, -0.05) is 17.7 Å². The maximum Gasteiger partial charge on any atom is 0.355 e. The highest BCUT2D eigenvalue weighted by Gasteiger charge is 2.16. The van der Waals surface area contributed by atoms with Crippen molar-refractivity contribution in [1.82, 2.24) is 19.1 Å². The van der Waals surface area contributed by atoms with E-state index in [1.807, 2.05) is 26.0 Å². The van der Waals surface area contributed by atoms with E-state index < -0.39 is 11.4 Å². The van der Waals surface area contributed by atoms with Gasteiger partial charge in [0, 0.05) is 24.0 Å². The van der Waals surface area contributed by atoms with Crippen LogP contribution in [0.3, 0.4) is 0 Å². The Hall–Kier alpha value is -3.13. The largest absolute Gasteiger partial charge is 0.491 e. The van der Waals surface area contributed by atoms with E-state index in [1.54, 1.807) is 38.1 Å². The first-order valence-electron chi connectivity index (χ1n) is 9.62. The van der Waals surface area contributed by atoms with E-state index in [2.05, 4.69) is 15.3 Å². The molecule has 0 aliphatic rings. The van der Waals surface area contributed by atoms with Crippen molar-refractivity contribution >= 4 is 23.2 Å². The van der Waals surface area contributed by atoms with Crippen LogP contribution in [-0.4, -0.2) is 25.2 Å². The Morgan fingerprint density at radius 2 is 1.90 bits per heavy atom. The van der Waals surface area contributed by atoms with Crippen LogP contribution in [0.25, 0.3) is 0 Å². The van der Waals surface area contributed by atoms with Crippen molar-refractivity contribution in [3.63, 3.8) is 0 Å². The summed E-state index contributed by atoms with van der Waals surface area (Å²) in [6.45, 7) is 7.51. The van der Waals surface area contributed by atoms with E-state index in [4.69, 9.17) is 16.3 Å². The quantitative estimate of drug-likeness (QED) is 0.616. The molecule has 0 bridgehead atoms. The van der Waals surface area contributed by atoms with Gasteiger partial charge >= 0.3 is 11.4 Å². The molecule has 0 aliphatic carbocycles. The predicted molar refractivity (Wildman–Crippen MR) is 117 cm³/mol. The zero-order chi connectivity index (χ0) is 21.8. The Bertz CT molecular complexity index is 1140. The standard InChI is InChI=1S/C21H24ClN5O3/c1-13(2)27-20(28)25-19(24-16-6-5-7-18(10-16)30-14(3)4)26(21(27)29)12-17-9-8-15(22)11-23-17/h5-11,13-14H,12H2,1-4H3,(H,24,25,28). The van der Waals surface area contributed by atoms with Gasteiger partial charge in [0.1, 0.15) is 5.75 Å². The Kier molecular flexibility index (Phi) is 6.56. The molecule has 3 aromatic rings. The maximum atomic E-state index is 13.1. The van der Waals surface area contributed by atoms with Crippen LogP contribution in [0.5, 0.6) is 5.75 Å². The first-order valence-corrected chi connectivity index (χ1v) is 10.00. The van der Waals surface area contributed by atoms with E-state index in [0.29, 0.717) is 22.2 Å². The lowest BCUT2D eigenvalue weighted by atomic mass is 10.3. The minimum absolute atomic E-state index is 0.0162. The lowest BCUT2D eigenvalue weighted by Gasteiger charge is -2.17. The predicted octanol–water partition coefficient (Wildman–Crippen LogP) is 3.61. The number of hydrogen-bond donors (Lipinski definition) is 1. The number of pyridine rings is 1. The summed E-state index contributed by atoms with van der Waals surface area (Å²) in [7, 11) is 0. The van der Waals surface area contributed by atoms with Gasteiger partial charge in [0.15, 0.2) is 0 Å². The number of nitrogens with one attached hydrogen (secondary N) is 1. The average Bonchev–Trinajstić information content (AvgIpc) is 2.65. The van der Waals surface area contributed by atoms with Crippen molar-refractivity contribution in [3.05, 3.63) is 74.3 Å². The van der Waals surface area contributed by atoms with Gasteiger partial charge in [-0.15, -0.1) is 0 Å². The Morgan fingerprint density at radius 3 is 2.53 bits per heavy atom. The number of anilines is 2. The minimum atomic E-state index is -0.618. The summed E-state index contributed by atoms with van der Waals surface area (Å²) in [4.78, 5) is 34.0. The topological polar surface area (TPSA) is 91.0 Å². The van der Waals surface area contributed by atoms with Crippen molar-refractivity contribution in [1.29, 1.82) is 0 Å². The van der Waals surface area contributed by atoms with Gasteiger partial charge < -0.3 is 10.1 Å². The summed E-state index contributed by atoms with van der Waals surface area (Å²) < 4.78 is 8.20. The van der Waals surface area contributed by atoms with E-state index in [0.717, 1.165) is 4.57 Å². The zero-order valence-electron chi connectivity index (χ0n) is 17.3. The second-order valence-corrected chi connectivity index (χ2v) is 7.77. The number of hydrogen-bond acceptors (Lipinski definition) is 6. The minimum Gasteiger partial charge on any atom is -0.491 e. The third kappa shape index (κ3) is 5.07. The van der Waals surface area contributed by atoms with Crippen LogP contribution in [0.2, 0.25) is 5.02 Å². The molecule has 30 heavy (non-hydrogen) atoms. The second kappa shape index (κ2) is 9.13. The lowest BCUT2D eigenvalue weighted by Crippen LogP contribution is -2.43. The number of benzene rings is 1. The van der Waals surface area contributed by atoms with Crippen molar-refractivity contribution in [2.75, 3.05) is 5.32 Å². The first-order chi connectivity index (χ1) is 14.2. The van der Waals surface area contributed by atoms with Crippen molar-refractivity contribution in [3.8, 4) is 5.75 Å². The highest BCUT2D eigenvalue weighted by atomic mass is 35.5. The molecule has 158 valence electrons. The van der Waals surface area contributed by atoms with Gasteiger partial charge in [-0.2, -0.15) is 4.98 Å². The molecule has 9 heteroatoms. The molecule has 0 saturated heterocycles. The molecule has 3 rings (SSSR count). The van der Waals surface area contributed by atoms with Gasteiger partial charge in [0.25, 0.3) is 0 Å². The number of halogens is 1. The molecule has 0 saturated carbocycles. The summed E-state index contributed by atoms with van der Waals surface area (Å²) >= 11 is 5.91. The normalized spacial score (nSPS) is 11.2. The molecule has 1 aromatic carbocycles. The highest BCUT2D eigenvalue weighted by molar-refractivity contribution is 6.30. The van der Waals surface area contributed by atoms with Gasteiger partial charge in [-0.3, -0.25) is 9.55 Å². The summed E-state index contributed by atoms with van der Waals surface area (Å²) in [5, 5.41) is 3.57. The number of nitrogens with zero attached hydrogens (tertiary/aromatic N) is 4.